The van der Waals surface area contributed by atoms with Crippen LogP contribution >= 0.6 is 0 Å². The van der Waals surface area contributed by atoms with E-state index in [0.29, 0.717) is 0 Å². The third-order valence-corrected chi connectivity index (χ3v) is 0.539. The normalized spacial score (nSPS) is 9.00. The van der Waals surface area contributed by atoms with E-state index in [1.54, 1.807) is 0 Å². The molecule has 5 heteroatoms. The van der Waals surface area contributed by atoms with Gasteiger partial charge in [-0.1, -0.05) is 4.99 Å². The summed E-state index contributed by atoms with van der Waals surface area (Å²) in [7, 11) is 0. The lowest BCUT2D eigenvalue weighted by molar-refractivity contribution is -0.305. The van der Waals surface area contributed by atoms with Crippen LogP contribution in [-0.2, 0) is 19.5 Å². The molecule has 0 fully saturated rings. The van der Waals surface area contributed by atoms with Crippen LogP contribution in [-0.4, -0.2) is 18.3 Å². The smallest absolute Gasteiger partial charge is 0.298 e. The summed E-state index contributed by atoms with van der Waals surface area (Å²) in [5.41, 5.74) is 2.12. The number of Topliss-reactive ketones (excluding diaryl/α,β-unsaturated/α-hetero) is 1. The van der Waals surface area contributed by atoms with E-state index in [9.17, 15) is 9.59 Å². The van der Waals surface area contributed by atoms with Gasteiger partial charge in [-0.25, -0.2) is 4.79 Å². The summed E-state index contributed by atoms with van der Waals surface area (Å²) < 4.78 is 0. The zero-order valence-electron chi connectivity index (χ0n) is 5.84. The molecule has 0 heterocycles. The van der Waals surface area contributed by atoms with Crippen molar-refractivity contribution in [3.05, 3.63) is 0 Å². The lowest BCUT2D eigenvalue weighted by atomic mass is 10.5. The number of hydrogen-bond acceptors (Lipinski definition) is 5. The predicted octanol–water partition coefficient (Wildman–Crippen LogP) is -0.425. The van der Waals surface area contributed by atoms with Crippen LogP contribution in [0.1, 0.15) is 13.8 Å². The van der Waals surface area contributed by atoms with E-state index in [0.717, 1.165) is 0 Å². The average Bonchev–Trinajstić information content (AvgIpc) is 1.79. The van der Waals surface area contributed by atoms with E-state index in [4.69, 9.17) is 0 Å². The Morgan fingerprint density at radius 3 is 2.40 bits per heavy atom. The van der Waals surface area contributed by atoms with Crippen molar-refractivity contribution in [3.63, 3.8) is 0 Å². The van der Waals surface area contributed by atoms with Crippen molar-refractivity contribution >= 4 is 11.8 Å². The second-order valence-corrected chi connectivity index (χ2v) is 1.68. The number of nitrogens with one attached hydrogen (secondary N) is 1. The predicted molar refractivity (Wildman–Crippen MR) is 31.5 cm³/mol. The summed E-state index contributed by atoms with van der Waals surface area (Å²) in [4.78, 5) is 28.3. The lowest BCUT2D eigenvalue weighted by Gasteiger charge is -1.98. The summed E-state index contributed by atoms with van der Waals surface area (Å²) in [5, 5.41) is 0. The van der Waals surface area contributed by atoms with E-state index >= 15 is 0 Å². The summed E-state index contributed by atoms with van der Waals surface area (Å²) in [6, 6.07) is 0. The third-order valence-electron chi connectivity index (χ3n) is 0.539. The lowest BCUT2D eigenvalue weighted by Crippen LogP contribution is -2.22. The highest BCUT2D eigenvalue weighted by molar-refractivity contribution is 5.77. The molecule has 1 N–H and O–H groups in total. The Bertz CT molecular complexity index is 118. The first-order valence-electron chi connectivity index (χ1n) is 2.69. The first-order chi connectivity index (χ1) is 4.63. The van der Waals surface area contributed by atoms with Gasteiger partial charge < -0.3 is 0 Å². The number of hydrogen-bond donors (Lipinski definition) is 1. The molecule has 0 atom stereocenters. The molecule has 0 saturated carbocycles. The van der Waals surface area contributed by atoms with Gasteiger partial charge in [0.05, 0.1) is 6.54 Å². The topological polar surface area (TPSA) is 64.6 Å². The highest BCUT2D eigenvalue weighted by Gasteiger charge is 1.94. The average molecular weight is 147 g/mol. The van der Waals surface area contributed by atoms with Crippen LogP contribution in [0.15, 0.2) is 0 Å². The Hall–Kier alpha value is -0.940. The van der Waals surface area contributed by atoms with Crippen LogP contribution in [0, 0.1) is 0 Å². The van der Waals surface area contributed by atoms with Gasteiger partial charge in [0.1, 0.15) is 5.78 Å². The molecule has 0 aromatic carbocycles. The zero-order chi connectivity index (χ0) is 7.98. The summed E-state index contributed by atoms with van der Waals surface area (Å²) in [5.74, 6) is -0.678. The minimum Gasteiger partial charge on any atom is -0.298 e. The summed E-state index contributed by atoms with van der Waals surface area (Å²) in [6.07, 6.45) is 0. The molecule has 5 nitrogen and oxygen atoms in total. The van der Waals surface area contributed by atoms with Crippen LogP contribution in [0.3, 0.4) is 0 Å². The van der Waals surface area contributed by atoms with Crippen molar-refractivity contribution in [1.82, 2.24) is 5.48 Å². The SMILES string of the molecule is CC(=O)CNOOC(C)=O. The van der Waals surface area contributed by atoms with Crippen LogP contribution in [0.5, 0.6) is 0 Å². The number of rotatable bonds is 4. The van der Waals surface area contributed by atoms with E-state index in [1.165, 1.54) is 13.8 Å². The molecule has 10 heavy (non-hydrogen) atoms. The van der Waals surface area contributed by atoms with Crippen molar-refractivity contribution < 1.29 is 19.5 Å². The maximum Gasteiger partial charge on any atom is 0.341 e. The molecule has 0 bridgehead atoms. The van der Waals surface area contributed by atoms with Crippen LogP contribution in [0.2, 0.25) is 0 Å². The molecule has 0 aliphatic rings. The highest BCUT2D eigenvalue weighted by Crippen LogP contribution is 1.73. The van der Waals surface area contributed by atoms with Crippen molar-refractivity contribution in [1.29, 1.82) is 0 Å². The quantitative estimate of drug-likeness (QED) is 0.332. The molecule has 0 aliphatic heterocycles. The fourth-order valence-corrected chi connectivity index (χ4v) is 0.219. The number of carbonyl (C=O) groups is 2. The van der Waals surface area contributed by atoms with Gasteiger partial charge >= 0.3 is 5.97 Å². The van der Waals surface area contributed by atoms with Gasteiger partial charge in [-0.05, 0) is 6.92 Å². The molecule has 0 aromatic rings. The molecular weight excluding hydrogens is 138 g/mol. The number of hydroxylamine groups is 1. The van der Waals surface area contributed by atoms with Crippen molar-refractivity contribution in [2.75, 3.05) is 6.54 Å². The van der Waals surface area contributed by atoms with Gasteiger partial charge in [0, 0.05) is 6.92 Å². The Morgan fingerprint density at radius 1 is 1.40 bits per heavy atom. The second-order valence-electron chi connectivity index (χ2n) is 1.68. The van der Waals surface area contributed by atoms with Gasteiger partial charge in [0.2, 0.25) is 0 Å². The Kier molecular flexibility index (Phi) is 4.43. The van der Waals surface area contributed by atoms with Gasteiger partial charge in [0.15, 0.2) is 0 Å². The minimum atomic E-state index is -0.573. The third kappa shape index (κ3) is 7.06. The molecule has 0 unspecified atom stereocenters. The molecule has 0 rings (SSSR count). The van der Waals surface area contributed by atoms with Crippen molar-refractivity contribution in [2.45, 2.75) is 13.8 Å². The minimum absolute atomic E-state index is 0.0211. The molecule has 0 aromatic heterocycles. The second kappa shape index (κ2) is 4.89. The van der Waals surface area contributed by atoms with Gasteiger partial charge in [0.25, 0.3) is 0 Å². The van der Waals surface area contributed by atoms with Crippen molar-refractivity contribution in [2.24, 2.45) is 0 Å². The van der Waals surface area contributed by atoms with Gasteiger partial charge in [-0.3, -0.25) is 9.68 Å². The summed E-state index contributed by atoms with van der Waals surface area (Å²) >= 11 is 0. The highest BCUT2D eigenvalue weighted by atomic mass is 17.3. The molecule has 0 radical (unpaired) electrons. The van der Waals surface area contributed by atoms with Crippen LogP contribution in [0.4, 0.5) is 0 Å². The zero-order valence-corrected chi connectivity index (χ0v) is 5.84. The Labute approximate surface area is 58.2 Å². The van der Waals surface area contributed by atoms with E-state index < -0.39 is 5.97 Å². The van der Waals surface area contributed by atoms with Crippen LogP contribution < -0.4 is 5.48 Å². The molecule has 0 spiro atoms. The van der Waals surface area contributed by atoms with Crippen molar-refractivity contribution in [3.8, 4) is 0 Å². The fraction of sp³-hybridized carbons (Fsp3) is 0.600. The van der Waals surface area contributed by atoms with Gasteiger partial charge in [-0.2, -0.15) is 5.48 Å². The Balaban J connectivity index is 3.06. The number of ketones is 1. The summed E-state index contributed by atoms with van der Waals surface area (Å²) in [6.45, 7) is 2.59. The Morgan fingerprint density at radius 2 is 2.00 bits per heavy atom. The molecule has 0 amide bonds. The molecular formula is C5H9NO4. The fourth-order valence-electron chi connectivity index (χ4n) is 0.219. The molecule has 0 aliphatic carbocycles. The maximum atomic E-state index is 10.2. The standard InChI is InChI=1S/C5H9NO4/c1-4(7)3-6-10-9-5(2)8/h6H,3H2,1-2H3. The molecule has 0 saturated heterocycles. The monoisotopic (exact) mass is 147 g/mol. The van der Waals surface area contributed by atoms with E-state index in [2.05, 4.69) is 15.4 Å². The van der Waals surface area contributed by atoms with E-state index in [1.807, 2.05) is 0 Å². The van der Waals surface area contributed by atoms with E-state index in [-0.39, 0.29) is 12.3 Å². The largest absolute Gasteiger partial charge is 0.341 e. The maximum absolute atomic E-state index is 10.2. The molecule has 58 valence electrons. The van der Waals surface area contributed by atoms with Crippen LogP contribution in [0.25, 0.3) is 0 Å². The first-order valence-corrected chi connectivity index (χ1v) is 2.69. The number of carbonyl (C=O) groups excluding carboxylic acids is 2. The van der Waals surface area contributed by atoms with Gasteiger partial charge in [-0.15, -0.1) is 0 Å². The first kappa shape index (κ1) is 9.06.